The number of carbonyl (C=O) groups excluding carboxylic acids is 1. The lowest BCUT2D eigenvalue weighted by atomic mass is 10.2. The van der Waals surface area contributed by atoms with Gasteiger partial charge in [-0.2, -0.15) is 0 Å². The quantitative estimate of drug-likeness (QED) is 0.363. The minimum atomic E-state index is -0.358. The van der Waals surface area contributed by atoms with Crippen molar-refractivity contribution in [2.45, 2.75) is 23.9 Å². The number of thioether (sulfide) groups is 1. The van der Waals surface area contributed by atoms with E-state index in [0.29, 0.717) is 17.5 Å². The maximum atomic E-state index is 13.0. The number of para-hydroxylation sites is 1. The van der Waals surface area contributed by atoms with E-state index in [2.05, 4.69) is 10.2 Å². The van der Waals surface area contributed by atoms with E-state index >= 15 is 0 Å². The molecule has 1 unspecified atom stereocenters. The van der Waals surface area contributed by atoms with Gasteiger partial charge in [-0.3, -0.25) is 9.36 Å². The first kappa shape index (κ1) is 21.7. The summed E-state index contributed by atoms with van der Waals surface area (Å²) in [4.78, 5) is 14.7. The highest BCUT2D eigenvalue weighted by Gasteiger charge is 2.24. The average Bonchev–Trinajstić information content (AvgIpc) is 3.49. The van der Waals surface area contributed by atoms with Crippen molar-refractivity contribution in [2.75, 3.05) is 19.1 Å². The van der Waals surface area contributed by atoms with Crippen LogP contribution in [0.15, 0.2) is 82.6 Å². The summed E-state index contributed by atoms with van der Waals surface area (Å²) >= 11 is 1.38. The molecular weight excluding hydrogens is 424 g/mol. The van der Waals surface area contributed by atoms with Gasteiger partial charge in [-0.05, 0) is 55.5 Å². The molecule has 0 saturated heterocycles. The fourth-order valence-electron chi connectivity index (χ4n) is 3.29. The smallest absolute Gasteiger partial charge is 0.240 e. The van der Waals surface area contributed by atoms with Gasteiger partial charge in [-0.1, -0.05) is 30.0 Å². The summed E-state index contributed by atoms with van der Waals surface area (Å²) in [5.41, 5.74) is 1.75. The molecule has 0 bridgehead atoms. The second-order valence-corrected chi connectivity index (χ2v) is 8.50. The van der Waals surface area contributed by atoms with E-state index in [1.807, 2.05) is 78.2 Å². The fourth-order valence-corrected chi connectivity index (χ4v) is 4.23. The van der Waals surface area contributed by atoms with Crippen molar-refractivity contribution in [3.8, 4) is 17.1 Å². The third kappa shape index (κ3) is 4.70. The van der Waals surface area contributed by atoms with Crippen molar-refractivity contribution in [3.05, 3.63) is 78.8 Å². The summed E-state index contributed by atoms with van der Waals surface area (Å²) in [5.74, 6) is 2.23. The largest absolute Gasteiger partial charge is 0.497 e. The number of aromatic nitrogens is 3. The highest BCUT2D eigenvalue weighted by Crippen LogP contribution is 2.30. The number of benzene rings is 2. The SMILES string of the molecule is COc1ccc(-c2nnc(SC(C)C(=O)N(C)c3ccccc3)n2Cc2ccco2)cc1. The van der Waals surface area contributed by atoms with Crippen molar-refractivity contribution in [2.24, 2.45) is 0 Å². The van der Waals surface area contributed by atoms with Crippen molar-refractivity contribution >= 4 is 23.4 Å². The third-order valence-corrected chi connectivity index (χ3v) is 6.13. The molecule has 8 heteroatoms. The molecule has 0 saturated carbocycles. The lowest BCUT2D eigenvalue weighted by molar-refractivity contribution is -0.117. The Hall–Kier alpha value is -3.52. The normalized spacial score (nSPS) is 11.8. The molecule has 1 atom stereocenters. The first-order chi connectivity index (χ1) is 15.6. The predicted molar refractivity (Wildman–Crippen MR) is 125 cm³/mol. The molecule has 0 spiro atoms. The van der Waals surface area contributed by atoms with Crippen LogP contribution in [0.3, 0.4) is 0 Å². The standard InChI is InChI=1S/C24H24N4O3S/c1-17(23(29)27(2)19-8-5-4-6-9-19)32-24-26-25-22(18-11-13-20(30-3)14-12-18)28(24)16-21-10-7-15-31-21/h4-15,17H,16H2,1-3H3. The first-order valence-corrected chi connectivity index (χ1v) is 11.0. The average molecular weight is 449 g/mol. The Morgan fingerprint density at radius 3 is 2.50 bits per heavy atom. The number of furan rings is 1. The minimum Gasteiger partial charge on any atom is -0.497 e. The fraction of sp³-hybridized carbons (Fsp3) is 0.208. The summed E-state index contributed by atoms with van der Waals surface area (Å²) in [5, 5.41) is 9.11. The van der Waals surface area contributed by atoms with E-state index in [4.69, 9.17) is 9.15 Å². The first-order valence-electron chi connectivity index (χ1n) is 10.2. The maximum absolute atomic E-state index is 13.0. The maximum Gasteiger partial charge on any atom is 0.240 e. The van der Waals surface area contributed by atoms with Crippen LogP contribution in [0.1, 0.15) is 12.7 Å². The van der Waals surface area contributed by atoms with Gasteiger partial charge in [0.05, 0.1) is 25.2 Å². The van der Waals surface area contributed by atoms with E-state index in [0.717, 1.165) is 22.8 Å². The van der Waals surface area contributed by atoms with Crippen LogP contribution in [-0.2, 0) is 11.3 Å². The summed E-state index contributed by atoms with van der Waals surface area (Å²) in [6.45, 7) is 2.34. The van der Waals surface area contributed by atoms with Gasteiger partial charge in [-0.15, -0.1) is 10.2 Å². The highest BCUT2D eigenvalue weighted by molar-refractivity contribution is 8.00. The molecule has 0 aliphatic heterocycles. The minimum absolute atomic E-state index is 0.0141. The van der Waals surface area contributed by atoms with Crippen LogP contribution in [-0.4, -0.2) is 40.1 Å². The predicted octanol–water partition coefficient (Wildman–Crippen LogP) is 4.74. The number of hydrogen-bond donors (Lipinski definition) is 0. The zero-order valence-electron chi connectivity index (χ0n) is 18.1. The second-order valence-electron chi connectivity index (χ2n) is 7.19. The van der Waals surface area contributed by atoms with Gasteiger partial charge in [0.2, 0.25) is 5.91 Å². The number of carbonyl (C=O) groups is 1. The van der Waals surface area contributed by atoms with Gasteiger partial charge < -0.3 is 14.1 Å². The van der Waals surface area contributed by atoms with Crippen LogP contribution in [0, 0.1) is 0 Å². The van der Waals surface area contributed by atoms with Crippen LogP contribution in [0.5, 0.6) is 5.75 Å². The number of anilines is 1. The molecule has 0 radical (unpaired) electrons. The number of amides is 1. The molecule has 0 aliphatic carbocycles. The summed E-state index contributed by atoms with van der Waals surface area (Å²) in [7, 11) is 3.42. The molecule has 32 heavy (non-hydrogen) atoms. The molecule has 0 N–H and O–H groups in total. The molecule has 0 fully saturated rings. The van der Waals surface area contributed by atoms with Crippen LogP contribution >= 0.6 is 11.8 Å². The number of rotatable bonds is 8. The van der Waals surface area contributed by atoms with Gasteiger partial charge in [0.1, 0.15) is 11.5 Å². The zero-order chi connectivity index (χ0) is 22.5. The number of methoxy groups -OCH3 is 1. The van der Waals surface area contributed by atoms with Gasteiger partial charge in [-0.25, -0.2) is 0 Å². The van der Waals surface area contributed by atoms with Crippen LogP contribution in [0.25, 0.3) is 11.4 Å². The van der Waals surface area contributed by atoms with E-state index in [9.17, 15) is 4.79 Å². The molecule has 0 aliphatic rings. The zero-order valence-corrected chi connectivity index (χ0v) is 19.0. The Morgan fingerprint density at radius 1 is 1.09 bits per heavy atom. The van der Waals surface area contributed by atoms with Crippen LogP contribution < -0.4 is 9.64 Å². The molecule has 4 rings (SSSR count). The Labute approximate surface area is 191 Å². The highest BCUT2D eigenvalue weighted by atomic mass is 32.2. The van der Waals surface area contributed by atoms with Gasteiger partial charge in [0, 0.05) is 18.3 Å². The van der Waals surface area contributed by atoms with E-state index in [1.165, 1.54) is 11.8 Å². The Morgan fingerprint density at radius 2 is 1.84 bits per heavy atom. The van der Waals surface area contributed by atoms with Gasteiger partial charge in [0.15, 0.2) is 11.0 Å². The molecule has 2 heterocycles. The monoisotopic (exact) mass is 448 g/mol. The summed E-state index contributed by atoms with van der Waals surface area (Å²) < 4.78 is 12.8. The number of hydrogen-bond acceptors (Lipinski definition) is 6. The van der Waals surface area contributed by atoms with Gasteiger partial charge in [0.25, 0.3) is 0 Å². The van der Waals surface area contributed by atoms with Crippen molar-refractivity contribution in [1.82, 2.24) is 14.8 Å². The molecule has 4 aromatic rings. The summed E-state index contributed by atoms with van der Waals surface area (Å²) in [6.07, 6.45) is 1.64. The molecule has 2 aromatic heterocycles. The van der Waals surface area contributed by atoms with E-state index < -0.39 is 0 Å². The molecule has 164 valence electrons. The van der Waals surface area contributed by atoms with Crippen LogP contribution in [0.2, 0.25) is 0 Å². The number of ether oxygens (including phenoxy) is 1. The van der Waals surface area contributed by atoms with Crippen molar-refractivity contribution < 1.29 is 13.9 Å². The van der Waals surface area contributed by atoms with Gasteiger partial charge >= 0.3 is 0 Å². The molecule has 2 aromatic carbocycles. The Bertz CT molecular complexity index is 1160. The van der Waals surface area contributed by atoms with Crippen LogP contribution in [0.4, 0.5) is 5.69 Å². The summed E-state index contributed by atoms with van der Waals surface area (Å²) in [6, 6.07) is 21.0. The lowest BCUT2D eigenvalue weighted by Gasteiger charge is -2.21. The Kier molecular flexibility index (Phi) is 6.61. The topological polar surface area (TPSA) is 73.4 Å². The molecule has 7 nitrogen and oxygen atoms in total. The molecule has 1 amide bonds. The lowest BCUT2D eigenvalue weighted by Crippen LogP contribution is -2.33. The second kappa shape index (κ2) is 9.74. The molecular formula is C24H24N4O3S. The van der Waals surface area contributed by atoms with E-state index in [-0.39, 0.29) is 11.2 Å². The number of nitrogens with zero attached hydrogens (tertiary/aromatic N) is 4. The van der Waals surface area contributed by atoms with Crippen molar-refractivity contribution in [1.29, 1.82) is 0 Å². The Balaban J connectivity index is 1.61. The third-order valence-electron chi connectivity index (χ3n) is 5.06. The van der Waals surface area contributed by atoms with E-state index in [1.54, 1.807) is 25.3 Å². The van der Waals surface area contributed by atoms with Crippen molar-refractivity contribution in [3.63, 3.8) is 0 Å².